The van der Waals surface area contributed by atoms with Gasteiger partial charge in [-0.25, -0.2) is 4.48 Å². The van der Waals surface area contributed by atoms with Gasteiger partial charge in [0.1, 0.15) is 23.7 Å². The smallest absolute Gasteiger partial charge is 0.148 e. The lowest BCUT2D eigenvalue weighted by Gasteiger charge is -2.33. The fourth-order valence-corrected chi connectivity index (χ4v) is 6.89. The van der Waals surface area contributed by atoms with Crippen LogP contribution in [0.4, 0.5) is 5.69 Å². The van der Waals surface area contributed by atoms with Gasteiger partial charge in [-0.2, -0.15) is 0 Å². The van der Waals surface area contributed by atoms with E-state index in [4.69, 9.17) is 0 Å². The molecule has 0 amide bonds. The number of quaternary nitrogens is 1. The van der Waals surface area contributed by atoms with Gasteiger partial charge in [0.2, 0.25) is 0 Å². The fourth-order valence-electron chi connectivity index (χ4n) is 6.89. The van der Waals surface area contributed by atoms with E-state index in [0.717, 1.165) is 33.5 Å². The third-order valence-corrected chi connectivity index (χ3v) is 8.55. The van der Waals surface area contributed by atoms with Crippen molar-refractivity contribution in [3.05, 3.63) is 148 Å². The molecule has 180 valence electrons. The molecule has 2 nitrogen and oxygen atoms in total. The van der Waals surface area contributed by atoms with Crippen LogP contribution in [0, 0.1) is 0 Å². The summed E-state index contributed by atoms with van der Waals surface area (Å²) in [6, 6.07) is 42.3. The van der Waals surface area contributed by atoms with Gasteiger partial charge in [0.05, 0.1) is 12.6 Å². The highest BCUT2D eigenvalue weighted by Gasteiger charge is 2.47. The van der Waals surface area contributed by atoms with Gasteiger partial charge in [-0.05, 0) is 38.7 Å². The Balaban J connectivity index is 1.45. The molecule has 0 fully saturated rings. The van der Waals surface area contributed by atoms with Gasteiger partial charge in [0.15, 0.2) is 0 Å². The molecular formula is C36H26NO+. The van der Waals surface area contributed by atoms with E-state index in [2.05, 4.69) is 123 Å². The number of fused-ring (bicyclic) bond motifs is 9. The Hall–Kier alpha value is -4.50. The minimum atomic E-state index is -1.24. The average molecular weight is 489 g/mol. The summed E-state index contributed by atoms with van der Waals surface area (Å²) in [6.45, 7) is 0. The zero-order valence-electron chi connectivity index (χ0n) is 21.1. The number of para-hydroxylation sites is 1. The van der Waals surface area contributed by atoms with E-state index in [1.165, 1.54) is 32.0 Å². The van der Waals surface area contributed by atoms with Crippen LogP contribution in [0.1, 0.15) is 16.7 Å². The quantitative estimate of drug-likeness (QED) is 0.221. The molecular weight excluding hydrogens is 462 g/mol. The third kappa shape index (κ3) is 2.68. The standard InChI is InChI=1S/C36H26NO/c1-37(22-30-26-14-4-2-12-24(26)25-13-3-5-15-27(25)31(30)23-37)35-21-11-10-20-34(35)36(38)32-18-8-6-16-28(32)29-17-7-9-19-33(29)36/h2-23,38H,1H3/q+1. The molecule has 0 atom stereocenters. The van der Waals surface area contributed by atoms with Gasteiger partial charge < -0.3 is 5.11 Å². The van der Waals surface area contributed by atoms with Crippen molar-refractivity contribution in [1.82, 2.24) is 4.48 Å². The molecule has 1 heterocycles. The number of hydrogen-bond donors (Lipinski definition) is 1. The molecule has 0 unspecified atom stereocenters. The predicted octanol–water partition coefficient (Wildman–Crippen LogP) is 6.38. The Bertz CT molecular complexity index is 1950. The maximum absolute atomic E-state index is 12.7. The Morgan fingerprint density at radius 1 is 0.474 bits per heavy atom. The minimum absolute atomic E-state index is 0.468. The molecule has 0 radical (unpaired) electrons. The van der Waals surface area contributed by atoms with Crippen molar-refractivity contribution >= 4 is 39.6 Å². The second kappa shape index (κ2) is 7.52. The summed E-state index contributed by atoms with van der Waals surface area (Å²) in [5.41, 5.74) is 4.79. The Morgan fingerprint density at radius 3 is 1.39 bits per heavy atom. The van der Waals surface area contributed by atoms with Gasteiger partial charge >= 0.3 is 0 Å². The minimum Gasteiger partial charge on any atom is -0.376 e. The zero-order valence-corrected chi connectivity index (χ0v) is 21.1. The summed E-state index contributed by atoms with van der Waals surface area (Å²) in [4.78, 5) is 0. The maximum Gasteiger partial charge on any atom is 0.148 e. The summed E-state index contributed by atoms with van der Waals surface area (Å²) in [5, 5.41) is 20.3. The van der Waals surface area contributed by atoms with Crippen LogP contribution in [-0.4, -0.2) is 12.2 Å². The van der Waals surface area contributed by atoms with E-state index in [1.54, 1.807) is 0 Å². The van der Waals surface area contributed by atoms with Crippen molar-refractivity contribution in [3.8, 4) is 11.1 Å². The Kier molecular flexibility index (Phi) is 4.27. The van der Waals surface area contributed by atoms with Crippen LogP contribution >= 0.6 is 0 Å². The first-order valence-corrected chi connectivity index (χ1v) is 13.1. The molecule has 6 aromatic rings. The second-order valence-corrected chi connectivity index (χ2v) is 10.6. The number of benzene rings is 6. The normalized spacial score (nSPS) is 15.9. The number of aliphatic hydroxyl groups is 1. The van der Waals surface area contributed by atoms with Crippen LogP contribution in [0.25, 0.3) is 45.1 Å². The molecule has 1 N–H and O–H groups in total. The van der Waals surface area contributed by atoms with Crippen LogP contribution in [0.3, 0.4) is 0 Å². The van der Waals surface area contributed by atoms with E-state index in [9.17, 15) is 5.11 Å². The molecule has 6 aromatic carbocycles. The van der Waals surface area contributed by atoms with Crippen molar-refractivity contribution in [2.24, 2.45) is 0 Å². The molecule has 0 saturated heterocycles. The van der Waals surface area contributed by atoms with Gasteiger partial charge in [0, 0.05) is 27.6 Å². The molecule has 2 heteroatoms. The Morgan fingerprint density at radius 2 is 0.868 bits per heavy atom. The summed E-state index contributed by atoms with van der Waals surface area (Å²) >= 11 is 0. The van der Waals surface area contributed by atoms with E-state index in [1.807, 2.05) is 18.2 Å². The van der Waals surface area contributed by atoms with Crippen LogP contribution in [-0.2, 0) is 5.60 Å². The van der Waals surface area contributed by atoms with E-state index in [0.29, 0.717) is 4.48 Å². The van der Waals surface area contributed by atoms with E-state index >= 15 is 0 Å². The number of hydrogen-bond acceptors (Lipinski definition) is 1. The van der Waals surface area contributed by atoms with Gasteiger partial charge in [-0.1, -0.05) is 109 Å². The first kappa shape index (κ1) is 21.6. The molecule has 8 rings (SSSR count). The van der Waals surface area contributed by atoms with Crippen molar-refractivity contribution in [1.29, 1.82) is 0 Å². The Labute approximate surface area is 221 Å². The molecule has 0 bridgehead atoms. The first-order valence-electron chi connectivity index (χ1n) is 13.1. The molecule has 2 aliphatic rings. The summed E-state index contributed by atoms with van der Waals surface area (Å²) in [6.07, 6.45) is 4.69. The summed E-state index contributed by atoms with van der Waals surface area (Å²) in [5.74, 6) is 0. The van der Waals surface area contributed by atoms with Gasteiger partial charge in [-0.3, -0.25) is 0 Å². The van der Waals surface area contributed by atoms with E-state index < -0.39 is 5.60 Å². The SMILES string of the molecule is C[N+]1(c2ccccc2C2(O)c3ccccc3-c3ccccc32)C=c2c(c3ccccc3c3ccccc23)=C1. The number of rotatable bonds is 2. The highest BCUT2D eigenvalue weighted by molar-refractivity contribution is 6.09. The van der Waals surface area contributed by atoms with Gasteiger partial charge in [-0.15, -0.1) is 0 Å². The van der Waals surface area contributed by atoms with Crippen LogP contribution < -0.4 is 14.9 Å². The highest BCUT2D eigenvalue weighted by Crippen LogP contribution is 2.53. The van der Waals surface area contributed by atoms with E-state index in [-0.39, 0.29) is 0 Å². The predicted molar refractivity (Wildman–Crippen MR) is 158 cm³/mol. The lowest BCUT2D eigenvalue weighted by molar-refractivity contribution is 0.130. The average Bonchev–Trinajstić information content (AvgIpc) is 3.48. The maximum atomic E-state index is 12.7. The molecule has 1 aliphatic heterocycles. The lowest BCUT2D eigenvalue weighted by atomic mass is 9.83. The van der Waals surface area contributed by atoms with Crippen molar-refractivity contribution in [3.63, 3.8) is 0 Å². The molecule has 38 heavy (non-hydrogen) atoms. The lowest BCUT2D eigenvalue weighted by Crippen LogP contribution is -2.36. The summed E-state index contributed by atoms with van der Waals surface area (Å²) in [7, 11) is 2.22. The van der Waals surface area contributed by atoms with Crippen molar-refractivity contribution in [2.45, 2.75) is 5.60 Å². The molecule has 0 aromatic heterocycles. The van der Waals surface area contributed by atoms with Gasteiger partial charge in [0.25, 0.3) is 0 Å². The highest BCUT2D eigenvalue weighted by atomic mass is 16.3. The van der Waals surface area contributed by atoms with Crippen molar-refractivity contribution in [2.75, 3.05) is 7.05 Å². The second-order valence-electron chi connectivity index (χ2n) is 10.6. The van der Waals surface area contributed by atoms with Crippen LogP contribution in [0.2, 0.25) is 0 Å². The van der Waals surface area contributed by atoms with Crippen molar-refractivity contribution < 1.29 is 5.11 Å². The summed E-state index contributed by atoms with van der Waals surface area (Å²) < 4.78 is 0.468. The fraction of sp³-hybridized carbons (Fsp3) is 0.0556. The first-order chi connectivity index (χ1) is 18.6. The molecule has 0 spiro atoms. The monoisotopic (exact) mass is 488 g/mol. The third-order valence-electron chi connectivity index (χ3n) is 8.55. The van der Waals surface area contributed by atoms with Crippen LogP contribution in [0.5, 0.6) is 0 Å². The molecule has 0 saturated carbocycles. The topological polar surface area (TPSA) is 20.2 Å². The molecule has 1 aliphatic carbocycles. The van der Waals surface area contributed by atoms with Crippen LogP contribution in [0.15, 0.2) is 121 Å². The zero-order chi connectivity index (χ0) is 25.5. The number of nitrogens with zero attached hydrogens (tertiary/aromatic N) is 1. The largest absolute Gasteiger partial charge is 0.376 e.